The molecular formula is C20H12Br2N4O. The number of amides is 1. The second-order valence-electron chi connectivity index (χ2n) is 5.47. The van der Waals surface area contributed by atoms with Crippen LogP contribution in [-0.2, 0) is 4.79 Å². The van der Waals surface area contributed by atoms with Gasteiger partial charge < -0.3 is 10.6 Å². The molecule has 0 saturated carbocycles. The summed E-state index contributed by atoms with van der Waals surface area (Å²) in [6.07, 6.45) is 1.53. The normalized spacial score (nSPS) is 9.85. The lowest BCUT2D eigenvalue weighted by atomic mass is 10.1. The molecular weight excluding hydrogens is 472 g/mol. The fourth-order valence-electron chi connectivity index (χ4n) is 2.48. The van der Waals surface area contributed by atoms with E-state index in [-0.39, 0.29) is 0 Å². The molecule has 3 rings (SSSR count). The standard InChI is InChI=1S/C20H12Br2N4O/c1-2-3-19(27)25-13-5-7-18-15(8-13)20(12(10-23)11-24-18)26-14-4-6-16(21)17(22)9-14/h4-9,11H,1H3,(H,24,26)(H,25,27). The third kappa shape index (κ3) is 4.28. The van der Waals surface area contributed by atoms with Crippen LogP contribution < -0.4 is 10.6 Å². The zero-order chi connectivity index (χ0) is 19.4. The highest BCUT2D eigenvalue weighted by molar-refractivity contribution is 9.13. The highest BCUT2D eigenvalue weighted by Gasteiger charge is 2.11. The maximum atomic E-state index is 11.7. The van der Waals surface area contributed by atoms with E-state index < -0.39 is 5.91 Å². The number of aromatic nitrogens is 1. The summed E-state index contributed by atoms with van der Waals surface area (Å²) in [7, 11) is 0. The van der Waals surface area contributed by atoms with Crippen molar-refractivity contribution in [1.82, 2.24) is 4.98 Å². The fourth-order valence-corrected chi connectivity index (χ4v) is 3.11. The van der Waals surface area contributed by atoms with E-state index in [9.17, 15) is 10.1 Å². The first-order chi connectivity index (χ1) is 13.0. The minimum atomic E-state index is -0.396. The van der Waals surface area contributed by atoms with E-state index in [0.29, 0.717) is 22.5 Å². The zero-order valence-electron chi connectivity index (χ0n) is 14.1. The number of anilines is 3. The van der Waals surface area contributed by atoms with Crippen molar-refractivity contribution in [3.8, 4) is 17.9 Å². The van der Waals surface area contributed by atoms with Gasteiger partial charge in [-0.2, -0.15) is 5.26 Å². The summed E-state index contributed by atoms with van der Waals surface area (Å²) in [5, 5.41) is 16.2. The van der Waals surface area contributed by atoms with Gasteiger partial charge in [0.15, 0.2) is 0 Å². The van der Waals surface area contributed by atoms with Crippen LogP contribution in [0.15, 0.2) is 51.5 Å². The van der Waals surface area contributed by atoms with Crippen molar-refractivity contribution >= 4 is 65.7 Å². The third-order valence-corrected chi connectivity index (χ3v) is 5.55. The van der Waals surface area contributed by atoms with Gasteiger partial charge in [0.2, 0.25) is 0 Å². The zero-order valence-corrected chi connectivity index (χ0v) is 17.3. The van der Waals surface area contributed by atoms with Crippen LogP contribution in [0.5, 0.6) is 0 Å². The quantitative estimate of drug-likeness (QED) is 0.493. The third-order valence-electron chi connectivity index (χ3n) is 3.67. The topological polar surface area (TPSA) is 77.8 Å². The van der Waals surface area contributed by atoms with Gasteiger partial charge >= 0.3 is 0 Å². The van der Waals surface area contributed by atoms with Gasteiger partial charge in [-0.05, 0) is 81.1 Å². The van der Waals surface area contributed by atoms with Gasteiger partial charge in [0.05, 0.1) is 16.8 Å². The Bertz CT molecular complexity index is 1160. The highest BCUT2D eigenvalue weighted by Crippen LogP contribution is 2.33. The van der Waals surface area contributed by atoms with Gasteiger partial charge in [0.25, 0.3) is 5.91 Å². The van der Waals surface area contributed by atoms with Crippen LogP contribution >= 0.6 is 31.9 Å². The number of nitrogens with one attached hydrogen (secondary N) is 2. The SMILES string of the molecule is CC#CC(=O)Nc1ccc2ncc(C#N)c(Nc3ccc(Br)c(Br)c3)c2c1. The average Bonchev–Trinajstić information content (AvgIpc) is 2.65. The second-order valence-corrected chi connectivity index (χ2v) is 7.18. The number of fused-ring (bicyclic) bond motifs is 1. The lowest BCUT2D eigenvalue weighted by Gasteiger charge is -2.13. The number of halogens is 2. The van der Waals surface area contributed by atoms with Crippen LogP contribution in [0, 0.1) is 23.2 Å². The highest BCUT2D eigenvalue weighted by atomic mass is 79.9. The van der Waals surface area contributed by atoms with Gasteiger partial charge in [-0.25, -0.2) is 0 Å². The molecule has 2 N–H and O–H groups in total. The molecule has 1 aromatic heterocycles. The first kappa shape index (κ1) is 18.9. The lowest BCUT2D eigenvalue weighted by molar-refractivity contribution is -0.111. The Labute approximate surface area is 173 Å². The van der Waals surface area contributed by atoms with Crippen molar-refractivity contribution in [2.24, 2.45) is 0 Å². The largest absolute Gasteiger partial charge is 0.354 e. The Kier molecular flexibility index (Phi) is 5.75. The van der Waals surface area contributed by atoms with Crippen molar-refractivity contribution in [3.63, 3.8) is 0 Å². The van der Waals surface area contributed by atoms with Gasteiger partial charge in [0, 0.05) is 31.9 Å². The molecule has 0 aliphatic heterocycles. The van der Waals surface area contributed by atoms with E-state index in [2.05, 4.69) is 65.4 Å². The molecule has 0 aliphatic rings. The summed E-state index contributed by atoms with van der Waals surface area (Å²) in [5.74, 6) is 4.60. The predicted octanol–water partition coefficient (Wildman–Crippen LogP) is 5.34. The van der Waals surface area contributed by atoms with E-state index >= 15 is 0 Å². The molecule has 3 aromatic rings. The molecule has 0 aliphatic carbocycles. The van der Waals surface area contributed by atoms with Gasteiger partial charge in [-0.15, -0.1) is 0 Å². The Balaban J connectivity index is 2.09. The molecule has 0 spiro atoms. The Morgan fingerprint density at radius 3 is 2.59 bits per heavy atom. The molecule has 1 heterocycles. The van der Waals surface area contributed by atoms with E-state index in [4.69, 9.17) is 0 Å². The summed E-state index contributed by atoms with van der Waals surface area (Å²) >= 11 is 6.91. The molecule has 2 aromatic carbocycles. The molecule has 0 unspecified atom stereocenters. The van der Waals surface area contributed by atoms with Gasteiger partial charge in [-0.1, -0.05) is 5.92 Å². The number of rotatable bonds is 3. The predicted molar refractivity (Wildman–Crippen MR) is 114 cm³/mol. The van der Waals surface area contributed by atoms with Crippen molar-refractivity contribution in [3.05, 3.63) is 57.1 Å². The van der Waals surface area contributed by atoms with Crippen molar-refractivity contribution < 1.29 is 4.79 Å². The first-order valence-electron chi connectivity index (χ1n) is 7.80. The summed E-state index contributed by atoms with van der Waals surface area (Å²) in [4.78, 5) is 16.1. The molecule has 5 nitrogen and oxygen atoms in total. The number of hydrogen-bond donors (Lipinski definition) is 2. The molecule has 27 heavy (non-hydrogen) atoms. The smallest absolute Gasteiger partial charge is 0.300 e. The molecule has 0 fully saturated rings. The number of carbonyl (C=O) groups excluding carboxylic acids is 1. The number of carbonyl (C=O) groups is 1. The number of hydrogen-bond acceptors (Lipinski definition) is 4. The molecule has 0 saturated heterocycles. The van der Waals surface area contributed by atoms with Crippen LogP contribution in [-0.4, -0.2) is 10.9 Å². The second kappa shape index (κ2) is 8.22. The monoisotopic (exact) mass is 482 g/mol. The molecule has 1 amide bonds. The number of benzene rings is 2. The minimum absolute atomic E-state index is 0.396. The van der Waals surface area contributed by atoms with Crippen LogP contribution in [0.1, 0.15) is 12.5 Å². The van der Waals surface area contributed by atoms with E-state index in [1.165, 1.54) is 6.20 Å². The summed E-state index contributed by atoms with van der Waals surface area (Å²) in [6.45, 7) is 1.60. The maximum Gasteiger partial charge on any atom is 0.300 e. The van der Waals surface area contributed by atoms with Crippen molar-refractivity contribution in [2.45, 2.75) is 6.92 Å². The van der Waals surface area contributed by atoms with Crippen LogP contribution in [0.3, 0.4) is 0 Å². The molecule has 0 atom stereocenters. The van der Waals surface area contributed by atoms with Crippen LogP contribution in [0.2, 0.25) is 0 Å². The van der Waals surface area contributed by atoms with Crippen molar-refractivity contribution in [1.29, 1.82) is 5.26 Å². The Morgan fingerprint density at radius 2 is 1.89 bits per heavy atom. The van der Waals surface area contributed by atoms with Gasteiger partial charge in [0.1, 0.15) is 6.07 Å². The molecule has 7 heteroatoms. The van der Waals surface area contributed by atoms with E-state index in [1.807, 2.05) is 18.2 Å². The van der Waals surface area contributed by atoms with Gasteiger partial charge in [-0.3, -0.25) is 9.78 Å². The first-order valence-corrected chi connectivity index (χ1v) is 9.39. The summed E-state index contributed by atoms with van der Waals surface area (Å²) < 4.78 is 1.81. The maximum absolute atomic E-state index is 11.7. The number of nitriles is 1. The van der Waals surface area contributed by atoms with Crippen molar-refractivity contribution in [2.75, 3.05) is 10.6 Å². The summed E-state index contributed by atoms with van der Waals surface area (Å²) in [5.41, 5.74) is 3.10. The Hall–Kier alpha value is -2.87. The average molecular weight is 484 g/mol. The van der Waals surface area contributed by atoms with Crippen LogP contribution in [0.25, 0.3) is 10.9 Å². The lowest BCUT2D eigenvalue weighted by Crippen LogP contribution is -2.08. The molecule has 132 valence electrons. The number of nitrogens with zero attached hydrogens (tertiary/aromatic N) is 2. The Morgan fingerprint density at radius 1 is 1.11 bits per heavy atom. The van der Waals surface area contributed by atoms with E-state index in [1.54, 1.807) is 25.1 Å². The van der Waals surface area contributed by atoms with Crippen LogP contribution in [0.4, 0.5) is 17.1 Å². The van der Waals surface area contributed by atoms with E-state index in [0.717, 1.165) is 20.0 Å². The summed E-state index contributed by atoms with van der Waals surface area (Å²) in [6, 6.07) is 13.2. The number of pyridine rings is 1. The molecule has 0 bridgehead atoms. The minimum Gasteiger partial charge on any atom is -0.354 e. The fraction of sp³-hybridized carbons (Fsp3) is 0.0500. The molecule has 0 radical (unpaired) electrons.